The Morgan fingerprint density at radius 3 is 1.54 bits per heavy atom. The van der Waals surface area contributed by atoms with Crippen molar-refractivity contribution in [1.82, 2.24) is 19.6 Å². The molecule has 0 unspecified atom stereocenters. The fraction of sp³-hybridized carbons (Fsp3) is 0.773. The first-order valence-electron chi connectivity index (χ1n) is 11.3. The van der Waals surface area contributed by atoms with E-state index in [0.29, 0.717) is 26.2 Å². The fourth-order valence-electron chi connectivity index (χ4n) is 2.93. The zero-order chi connectivity index (χ0) is 27.9. The SMILES string of the molecule is CCCCN(C)C(=O)CN(CCN(CCN(C[C-]=O)CC(=O)OC)CC(=O)OC)CC(=O)OC.II.[Y]. The van der Waals surface area contributed by atoms with Crippen LogP contribution < -0.4 is 0 Å². The van der Waals surface area contributed by atoms with Crippen LogP contribution in [0.4, 0.5) is 0 Å². The molecule has 0 aromatic rings. The molecule has 1 radical (unpaired) electrons. The van der Waals surface area contributed by atoms with Crippen LogP contribution in [0.5, 0.6) is 0 Å². The summed E-state index contributed by atoms with van der Waals surface area (Å²) in [6.07, 6.45) is 3.59. The minimum Gasteiger partial charge on any atom is -0.541 e. The van der Waals surface area contributed by atoms with Crippen molar-refractivity contribution >= 4 is 67.3 Å². The van der Waals surface area contributed by atoms with Crippen molar-refractivity contribution in [2.75, 3.05) is 93.8 Å². The minimum atomic E-state index is -0.496. The van der Waals surface area contributed by atoms with Crippen LogP contribution in [0.3, 0.4) is 0 Å². The van der Waals surface area contributed by atoms with E-state index in [-0.39, 0.29) is 77.9 Å². The molecule has 0 saturated heterocycles. The zero-order valence-corrected chi connectivity index (χ0v) is 29.5. The quantitative estimate of drug-likeness (QED) is 0.0785. The zero-order valence-electron chi connectivity index (χ0n) is 22.4. The van der Waals surface area contributed by atoms with E-state index in [1.165, 1.54) is 21.3 Å². The summed E-state index contributed by atoms with van der Waals surface area (Å²) >= 11 is 4.24. The molecule has 15 heteroatoms. The number of esters is 3. The average molecular weight is 830 g/mol. The van der Waals surface area contributed by atoms with E-state index in [1.807, 2.05) is 6.92 Å². The molecule has 0 aliphatic heterocycles. The van der Waals surface area contributed by atoms with Crippen LogP contribution in [0.1, 0.15) is 19.8 Å². The van der Waals surface area contributed by atoms with Gasteiger partial charge < -0.3 is 28.8 Å². The second-order valence-electron chi connectivity index (χ2n) is 7.74. The molecule has 0 spiro atoms. The van der Waals surface area contributed by atoms with Crippen LogP contribution in [0.2, 0.25) is 0 Å². The smallest absolute Gasteiger partial charge is 0.319 e. The van der Waals surface area contributed by atoms with Crippen LogP contribution in [0.25, 0.3) is 0 Å². The summed E-state index contributed by atoms with van der Waals surface area (Å²) in [7, 11) is 5.53. The number of methoxy groups -OCH3 is 3. The number of carbonyl (C=O) groups is 4. The van der Waals surface area contributed by atoms with Gasteiger partial charge in [0.15, 0.2) is 0 Å². The number of unbranched alkanes of at least 4 members (excludes halogenated alkanes) is 1. The van der Waals surface area contributed by atoms with Gasteiger partial charge in [-0.25, -0.2) is 6.29 Å². The van der Waals surface area contributed by atoms with E-state index in [9.17, 15) is 24.0 Å². The van der Waals surface area contributed by atoms with Crippen molar-refractivity contribution < 1.29 is 70.9 Å². The van der Waals surface area contributed by atoms with Crippen LogP contribution in [0.15, 0.2) is 0 Å². The molecule has 0 aromatic heterocycles. The van der Waals surface area contributed by atoms with Gasteiger partial charge in [0.25, 0.3) is 0 Å². The predicted molar refractivity (Wildman–Crippen MR) is 152 cm³/mol. The standard InChI is InChI=1S/C22H39N4O8.I2.Y/c1-6-7-8-23(2)19(28)15-26(18-22(31)34-5)12-11-24(16-20(29)32-3)9-10-25(13-14-27)17-21(30)33-4;1-2;/h6-13,15-18H2,1-5H3;;/q-1;;. The summed E-state index contributed by atoms with van der Waals surface area (Å²) in [5, 5.41) is 0. The van der Waals surface area contributed by atoms with Gasteiger partial charge in [-0.3, -0.25) is 29.0 Å². The molecule has 1 amide bonds. The van der Waals surface area contributed by atoms with Gasteiger partial charge in [0.1, 0.15) is 0 Å². The van der Waals surface area contributed by atoms with Gasteiger partial charge in [0, 0.05) is 110 Å². The van der Waals surface area contributed by atoms with Gasteiger partial charge in [-0.1, -0.05) is 19.9 Å². The first kappa shape index (κ1) is 41.5. The normalized spacial score (nSPS) is 10.2. The number of ether oxygens (including phenoxy) is 3. The molecule has 0 rings (SSSR count). The first-order valence-corrected chi connectivity index (χ1v) is 17.6. The number of nitrogens with zero attached hydrogens (tertiary/aromatic N) is 4. The second kappa shape index (κ2) is 27.6. The Hall–Kier alpha value is -0.00610. The number of halogens is 2. The number of rotatable bonds is 19. The van der Waals surface area contributed by atoms with Crippen LogP contribution in [-0.2, 0) is 70.9 Å². The molecule has 0 heterocycles. The molecule has 0 aliphatic rings. The maximum atomic E-state index is 12.6. The average Bonchev–Trinajstić information content (AvgIpc) is 2.88. The monoisotopic (exact) mass is 830 g/mol. The number of amides is 1. The Balaban J connectivity index is -0.00000375. The van der Waals surface area contributed by atoms with E-state index in [2.05, 4.69) is 42.0 Å². The van der Waals surface area contributed by atoms with Crippen LogP contribution >= 0.6 is 37.2 Å². The fourth-order valence-corrected chi connectivity index (χ4v) is 2.93. The molecule has 0 aliphatic carbocycles. The van der Waals surface area contributed by atoms with Crippen LogP contribution in [0, 0.1) is 0 Å². The number of likely N-dealkylation sites (N-methyl/N-ethyl adjacent to an activating group) is 1. The third-order valence-corrected chi connectivity index (χ3v) is 5.13. The van der Waals surface area contributed by atoms with Gasteiger partial charge in [0.05, 0.1) is 47.5 Å². The third kappa shape index (κ3) is 22.5. The molecule has 0 bridgehead atoms. The van der Waals surface area contributed by atoms with Gasteiger partial charge in [-0.15, -0.1) is 0 Å². The van der Waals surface area contributed by atoms with E-state index in [1.54, 1.807) is 32.9 Å². The summed E-state index contributed by atoms with van der Waals surface area (Å²) in [6.45, 7) is 3.63. The molecular formula is C22H39I2N4O8Y-. The molecule has 0 atom stereocenters. The largest absolute Gasteiger partial charge is 0.541 e. The van der Waals surface area contributed by atoms with Gasteiger partial charge in [0.2, 0.25) is 5.91 Å². The Morgan fingerprint density at radius 1 is 0.703 bits per heavy atom. The first-order chi connectivity index (χ1) is 17.2. The van der Waals surface area contributed by atoms with Crippen molar-refractivity contribution in [3.05, 3.63) is 0 Å². The van der Waals surface area contributed by atoms with Crippen molar-refractivity contribution in [1.29, 1.82) is 0 Å². The van der Waals surface area contributed by atoms with Crippen molar-refractivity contribution in [2.45, 2.75) is 19.8 Å². The third-order valence-electron chi connectivity index (χ3n) is 5.13. The molecule has 12 nitrogen and oxygen atoms in total. The molecule has 0 N–H and O–H groups in total. The maximum absolute atomic E-state index is 12.6. The Morgan fingerprint density at radius 2 is 1.11 bits per heavy atom. The summed E-state index contributed by atoms with van der Waals surface area (Å²) in [4.78, 5) is 65.3. The van der Waals surface area contributed by atoms with Crippen molar-refractivity contribution in [3.8, 4) is 0 Å². The number of carbonyl (C=O) groups excluding carboxylic acids is 5. The second-order valence-corrected chi connectivity index (χ2v) is 7.74. The molecule has 213 valence electrons. The van der Waals surface area contributed by atoms with E-state index in [4.69, 9.17) is 9.47 Å². The molecule has 0 saturated carbocycles. The van der Waals surface area contributed by atoms with E-state index in [0.717, 1.165) is 12.8 Å². The van der Waals surface area contributed by atoms with E-state index < -0.39 is 17.9 Å². The predicted octanol–water partition coefficient (Wildman–Crippen LogP) is 0.549. The Labute approximate surface area is 269 Å². The number of hydrogen-bond acceptors (Lipinski definition) is 11. The van der Waals surface area contributed by atoms with Crippen LogP contribution in [-0.4, -0.2) is 144 Å². The van der Waals surface area contributed by atoms with E-state index >= 15 is 0 Å². The maximum Gasteiger partial charge on any atom is 0.319 e. The summed E-state index contributed by atoms with van der Waals surface area (Å²) in [5.74, 6) is -1.56. The summed E-state index contributed by atoms with van der Waals surface area (Å²) in [5.41, 5.74) is 0. The summed E-state index contributed by atoms with van der Waals surface area (Å²) in [6, 6.07) is 0. The molecule has 0 aromatic carbocycles. The molecule has 0 fully saturated rings. The Kier molecular flexibility index (Phi) is 30.9. The number of hydrogen-bond donors (Lipinski definition) is 0. The topological polar surface area (TPSA) is 126 Å². The van der Waals surface area contributed by atoms with Crippen molar-refractivity contribution in [3.63, 3.8) is 0 Å². The summed E-state index contributed by atoms with van der Waals surface area (Å²) < 4.78 is 14.1. The minimum absolute atomic E-state index is 0. The molecule has 37 heavy (non-hydrogen) atoms. The van der Waals surface area contributed by atoms with Gasteiger partial charge in [-0.05, 0) is 6.42 Å². The van der Waals surface area contributed by atoms with Gasteiger partial charge >= 0.3 is 17.9 Å². The molecular weight excluding hydrogens is 791 g/mol. The Bertz CT molecular complexity index is 664. The van der Waals surface area contributed by atoms with Gasteiger partial charge in [-0.2, -0.15) is 0 Å². The van der Waals surface area contributed by atoms with Crippen molar-refractivity contribution in [2.24, 2.45) is 0 Å².